The van der Waals surface area contributed by atoms with E-state index in [4.69, 9.17) is 9.47 Å². The van der Waals surface area contributed by atoms with Gasteiger partial charge in [0.15, 0.2) is 5.41 Å². The number of alkyl halides is 6. The third kappa shape index (κ3) is 5.83. The zero-order chi connectivity index (χ0) is 24.5. The summed E-state index contributed by atoms with van der Waals surface area (Å²) < 4.78 is 99.4. The molecule has 0 bridgehead atoms. The van der Waals surface area contributed by atoms with E-state index in [9.17, 15) is 35.9 Å². The quantitative estimate of drug-likeness (QED) is 0.327. The number of esters is 1. The van der Waals surface area contributed by atoms with Gasteiger partial charge in [-0.3, -0.25) is 4.90 Å². The number of carbonyl (C=O) groups excluding carboxylic acids is 2. The highest BCUT2D eigenvalue weighted by molar-refractivity contribution is 5.81. The predicted octanol–water partition coefficient (Wildman–Crippen LogP) is 4.98. The first-order chi connectivity index (χ1) is 13.8. The molecular formula is C19H27F6NO5. The van der Waals surface area contributed by atoms with Gasteiger partial charge in [0.2, 0.25) is 0 Å². The van der Waals surface area contributed by atoms with E-state index in [1.807, 2.05) is 0 Å². The van der Waals surface area contributed by atoms with Gasteiger partial charge >= 0.3 is 24.4 Å². The topological polar surface area (TPSA) is 65.1 Å². The zero-order valence-electron chi connectivity index (χ0n) is 18.1. The highest BCUT2D eigenvalue weighted by Gasteiger charge is 2.76. The van der Waals surface area contributed by atoms with Crippen molar-refractivity contribution in [2.75, 3.05) is 13.2 Å². The molecule has 0 saturated carbocycles. The van der Waals surface area contributed by atoms with Crippen LogP contribution in [0.5, 0.6) is 0 Å². The molecule has 0 aromatic rings. The molecule has 0 aliphatic carbocycles. The molecule has 1 atom stereocenters. The van der Waals surface area contributed by atoms with Gasteiger partial charge in [0.1, 0.15) is 11.3 Å². The Morgan fingerprint density at radius 1 is 1.10 bits per heavy atom. The van der Waals surface area contributed by atoms with E-state index in [0.717, 1.165) is 0 Å². The van der Waals surface area contributed by atoms with Crippen LogP contribution < -0.4 is 0 Å². The van der Waals surface area contributed by atoms with Crippen molar-refractivity contribution < 1.29 is 50.1 Å². The Morgan fingerprint density at radius 3 is 2.03 bits per heavy atom. The first-order valence-electron chi connectivity index (χ1n) is 9.43. The standard InChI is InChI=1S/C19H27F6NO5/c1-7-29-13(27)9-8-10-17(18(20,21)22,19(23,24)25)12-11-30-16(5,6)26(12)14(28)31-15(2,3)4/h8-9,12H,7,10-11H2,1-6H3/b9-8+. The highest BCUT2D eigenvalue weighted by Crippen LogP contribution is 2.58. The Morgan fingerprint density at radius 2 is 1.61 bits per heavy atom. The Kier molecular flexibility index (Phi) is 7.74. The van der Waals surface area contributed by atoms with Crippen molar-refractivity contribution in [1.82, 2.24) is 4.90 Å². The largest absolute Gasteiger partial charge is 0.463 e. The van der Waals surface area contributed by atoms with Crippen LogP contribution in [0.25, 0.3) is 0 Å². The second-order valence-corrected chi connectivity index (χ2v) is 8.45. The van der Waals surface area contributed by atoms with Crippen molar-refractivity contribution in [3.05, 3.63) is 12.2 Å². The van der Waals surface area contributed by atoms with Crippen LogP contribution in [0.2, 0.25) is 0 Å². The molecule has 1 heterocycles. The molecule has 1 amide bonds. The monoisotopic (exact) mass is 463 g/mol. The van der Waals surface area contributed by atoms with Crippen LogP contribution >= 0.6 is 0 Å². The summed E-state index contributed by atoms with van der Waals surface area (Å²) in [5.74, 6) is -1.09. The van der Waals surface area contributed by atoms with Gasteiger partial charge in [-0.15, -0.1) is 0 Å². The maximum absolute atomic E-state index is 14.1. The summed E-state index contributed by atoms with van der Waals surface area (Å²) in [6.07, 6.45) is -13.8. The molecule has 0 aromatic carbocycles. The summed E-state index contributed by atoms with van der Waals surface area (Å²) in [7, 11) is 0. The van der Waals surface area contributed by atoms with Gasteiger partial charge in [0.25, 0.3) is 0 Å². The smallest absolute Gasteiger partial charge is 0.412 e. The van der Waals surface area contributed by atoms with Crippen LogP contribution in [0.4, 0.5) is 31.1 Å². The first kappa shape index (κ1) is 27.1. The summed E-state index contributed by atoms with van der Waals surface area (Å²) in [5.41, 5.74) is -7.41. The van der Waals surface area contributed by atoms with E-state index in [2.05, 4.69) is 4.74 Å². The number of rotatable bonds is 5. The molecule has 1 aliphatic rings. The van der Waals surface area contributed by atoms with Crippen LogP contribution in [0, 0.1) is 5.41 Å². The van der Waals surface area contributed by atoms with E-state index in [0.29, 0.717) is 17.1 Å². The van der Waals surface area contributed by atoms with Crippen LogP contribution in [0.3, 0.4) is 0 Å². The number of nitrogens with zero attached hydrogens (tertiary/aromatic N) is 1. The maximum Gasteiger partial charge on any atom is 0.412 e. The van der Waals surface area contributed by atoms with Crippen LogP contribution in [0.15, 0.2) is 12.2 Å². The minimum absolute atomic E-state index is 0.107. The van der Waals surface area contributed by atoms with Gasteiger partial charge in [-0.05, 0) is 48.0 Å². The summed E-state index contributed by atoms with van der Waals surface area (Å²) in [5, 5.41) is 0. The molecule has 6 nitrogen and oxygen atoms in total. The summed E-state index contributed by atoms with van der Waals surface area (Å²) in [6, 6.07) is -2.50. The van der Waals surface area contributed by atoms with Crippen LogP contribution in [0.1, 0.15) is 48.0 Å². The highest BCUT2D eigenvalue weighted by atomic mass is 19.4. The van der Waals surface area contributed by atoms with Gasteiger partial charge in [-0.25, -0.2) is 9.59 Å². The number of amides is 1. The lowest BCUT2D eigenvalue weighted by Gasteiger charge is -2.45. The number of ether oxygens (including phenoxy) is 3. The van der Waals surface area contributed by atoms with E-state index in [1.54, 1.807) is 0 Å². The maximum atomic E-state index is 14.1. The molecule has 1 aliphatic heterocycles. The Balaban J connectivity index is 3.58. The minimum Gasteiger partial charge on any atom is -0.463 e. The minimum atomic E-state index is -5.85. The third-order valence-corrected chi connectivity index (χ3v) is 4.64. The lowest BCUT2D eigenvalue weighted by atomic mass is 9.74. The molecule has 0 radical (unpaired) electrons. The molecule has 0 spiro atoms. The van der Waals surface area contributed by atoms with Gasteiger partial charge in [0.05, 0.1) is 19.3 Å². The number of allylic oxidation sites excluding steroid dienone is 1. The molecule has 1 fully saturated rings. The summed E-state index contributed by atoms with van der Waals surface area (Å²) >= 11 is 0. The van der Waals surface area contributed by atoms with E-state index in [1.165, 1.54) is 41.5 Å². The van der Waals surface area contributed by atoms with Gasteiger partial charge in [0, 0.05) is 6.08 Å². The average Bonchev–Trinajstić information content (AvgIpc) is 2.83. The fourth-order valence-corrected chi connectivity index (χ4v) is 3.26. The second kappa shape index (κ2) is 8.87. The number of carbonyl (C=O) groups is 2. The molecule has 0 N–H and O–H groups in total. The fourth-order valence-electron chi connectivity index (χ4n) is 3.26. The van der Waals surface area contributed by atoms with Crippen molar-refractivity contribution in [3.63, 3.8) is 0 Å². The second-order valence-electron chi connectivity index (χ2n) is 8.45. The predicted molar refractivity (Wildman–Crippen MR) is 96.8 cm³/mol. The van der Waals surface area contributed by atoms with Crippen molar-refractivity contribution in [2.24, 2.45) is 5.41 Å². The normalized spacial score (nSPS) is 20.3. The molecule has 0 aromatic heterocycles. The lowest BCUT2D eigenvalue weighted by Crippen LogP contribution is -2.65. The van der Waals surface area contributed by atoms with Gasteiger partial charge in [-0.2, -0.15) is 26.3 Å². The Bertz CT molecular complexity index is 679. The van der Waals surface area contributed by atoms with E-state index >= 15 is 0 Å². The fraction of sp³-hybridized carbons (Fsp3) is 0.789. The van der Waals surface area contributed by atoms with E-state index in [-0.39, 0.29) is 6.61 Å². The molecular weight excluding hydrogens is 436 g/mol. The van der Waals surface area contributed by atoms with E-state index < -0.39 is 60.2 Å². The Labute approximate surface area is 176 Å². The summed E-state index contributed by atoms with van der Waals surface area (Å²) in [4.78, 5) is 24.4. The molecule has 1 rings (SSSR count). The first-order valence-corrected chi connectivity index (χ1v) is 9.43. The SMILES string of the molecule is CCOC(=O)/C=C/CC(C1COC(C)(C)N1C(=O)OC(C)(C)C)(C(F)(F)F)C(F)(F)F. The van der Waals surface area contributed by atoms with Crippen molar-refractivity contribution in [1.29, 1.82) is 0 Å². The van der Waals surface area contributed by atoms with Gasteiger partial charge < -0.3 is 14.2 Å². The number of hydrogen-bond acceptors (Lipinski definition) is 5. The lowest BCUT2D eigenvalue weighted by molar-refractivity contribution is -0.354. The number of hydrogen-bond donors (Lipinski definition) is 0. The zero-order valence-corrected chi connectivity index (χ0v) is 18.1. The van der Waals surface area contributed by atoms with Crippen molar-refractivity contribution in [2.45, 2.75) is 77.7 Å². The van der Waals surface area contributed by atoms with Crippen molar-refractivity contribution in [3.8, 4) is 0 Å². The third-order valence-electron chi connectivity index (χ3n) is 4.64. The van der Waals surface area contributed by atoms with Gasteiger partial charge in [-0.1, -0.05) is 6.08 Å². The van der Waals surface area contributed by atoms with Crippen LogP contribution in [-0.2, 0) is 19.0 Å². The molecule has 12 heteroatoms. The van der Waals surface area contributed by atoms with Crippen molar-refractivity contribution >= 4 is 12.1 Å². The molecule has 1 saturated heterocycles. The Hall–Kier alpha value is -1.98. The molecule has 31 heavy (non-hydrogen) atoms. The van der Waals surface area contributed by atoms with Crippen LogP contribution in [-0.4, -0.2) is 59.9 Å². The average molecular weight is 463 g/mol. The molecule has 180 valence electrons. The number of halogens is 6. The molecule has 1 unspecified atom stereocenters. The summed E-state index contributed by atoms with van der Waals surface area (Å²) in [6.45, 7) is 6.89.